The molecular formula is C15H14ClF2NO. The van der Waals surface area contributed by atoms with E-state index in [1.807, 2.05) is 0 Å². The zero-order chi connectivity index (χ0) is 14.5. The normalized spacial score (nSPS) is 10.6. The van der Waals surface area contributed by atoms with Gasteiger partial charge in [-0.05, 0) is 42.9 Å². The van der Waals surface area contributed by atoms with Crippen LogP contribution >= 0.6 is 11.6 Å². The van der Waals surface area contributed by atoms with E-state index in [9.17, 15) is 8.78 Å². The van der Waals surface area contributed by atoms with Gasteiger partial charge < -0.3 is 10.1 Å². The lowest BCUT2D eigenvalue weighted by molar-refractivity contribution is 0.303. The monoisotopic (exact) mass is 297 g/mol. The molecule has 2 nitrogen and oxygen atoms in total. The van der Waals surface area contributed by atoms with Crippen LogP contribution in [0.3, 0.4) is 0 Å². The predicted octanol–water partition coefficient (Wildman–Crippen LogP) is 3.92. The summed E-state index contributed by atoms with van der Waals surface area (Å²) in [5, 5.41) is 3.35. The fourth-order valence-electron chi connectivity index (χ4n) is 1.83. The molecule has 106 valence electrons. The Balaban J connectivity index is 2.12. The van der Waals surface area contributed by atoms with Crippen molar-refractivity contribution in [2.75, 3.05) is 7.05 Å². The van der Waals surface area contributed by atoms with Gasteiger partial charge >= 0.3 is 0 Å². The van der Waals surface area contributed by atoms with E-state index in [2.05, 4.69) is 5.32 Å². The Bertz CT molecular complexity index is 604. The van der Waals surface area contributed by atoms with Crippen LogP contribution in [0, 0.1) is 11.6 Å². The molecule has 5 heteroatoms. The molecule has 0 fully saturated rings. The van der Waals surface area contributed by atoms with Crippen LogP contribution in [-0.2, 0) is 13.2 Å². The van der Waals surface area contributed by atoms with Crippen molar-refractivity contribution in [3.05, 3.63) is 64.2 Å². The van der Waals surface area contributed by atoms with Crippen molar-refractivity contribution in [1.82, 2.24) is 5.32 Å². The summed E-state index contributed by atoms with van der Waals surface area (Å²) < 4.78 is 32.0. The molecule has 0 amide bonds. The Kier molecular flexibility index (Phi) is 4.93. The zero-order valence-corrected chi connectivity index (χ0v) is 11.7. The molecular weight excluding hydrogens is 284 g/mol. The van der Waals surface area contributed by atoms with Gasteiger partial charge in [0.2, 0.25) is 0 Å². The van der Waals surface area contributed by atoms with Gasteiger partial charge in [-0.15, -0.1) is 0 Å². The van der Waals surface area contributed by atoms with E-state index in [4.69, 9.17) is 16.3 Å². The van der Waals surface area contributed by atoms with Crippen molar-refractivity contribution in [2.24, 2.45) is 0 Å². The summed E-state index contributed by atoms with van der Waals surface area (Å²) in [5.41, 5.74) is 1.29. The van der Waals surface area contributed by atoms with Crippen molar-refractivity contribution in [2.45, 2.75) is 13.2 Å². The molecule has 0 bridgehead atoms. The first kappa shape index (κ1) is 14.8. The third-order valence-electron chi connectivity index (χ3n) is 2.71. The summed E-state index contributed by atoms with van der Waals surface area (Å²) in [6.07, 6.45) is 0. The van der Waals surface area contributed by atoms with Gasteiger partial charge in [-0.25, -0.2) is 8.78 Å². The fourth-order valence-corrected chi connectivity index (χ4v) is 2.00. The second-order valence-electron chi connectivity index (χ2n) is 4.35. The van der Waals surface area contributed by atoms with E-state index in [1.165, 1.54) is 30.3 Å². The van der Waals surface area contributed by atoms with E-state index in [-0.39, 0.29) is 18.2 Å². The Hall–Kier alpha value is -1.65. The third-order valence-corrected chi connectivity index (χ3v) is 3.08. The van der Waals surface area contributed by atoms with E-state index >= 15 is 0 Å². The van der Waals surface area contributed by atoms with Gasteiger partial charge in [-0.1, -0.05) is 11.6 Å². The molecule has 0 unspecified atom stereocenters. The lowest BCUT2D eigenvalue weighted by atomic mass is 10.2. The van der Waals surface area contributed by atoms with Crippen molar-refractivity contribution >= 4 is 11.6 Å². The molecule has 0 aromatic heterocycles. The SMILES string of the molecule is CNCc1cc(F)cc(OCc2cc(F)ccc2Cl)c1. The quantitative estimate of drug-likeness (QED) is 0.903. The Labute approximate surface area is 121 Å². The van der Waals surface area contributed by atoms with E-state index in [0.717, 1.165) is 5.56 Å². The molecule has 0 aliphatic heterocycles. The summed E-state index contributed by atoms with van der Waals surface area (Å²) in [7, 11) is 1.78. The largest absolute Gasteiger partial charge is 0.489 e. The standard InChI is InChI=1S/C15H14ClF2NO/c1-19-8-10-4-13(18)7-14(5-10)20-9-11-6-12(17)2-3-15(11)16/h2-7,19H,8-9H2,1H3. The molecule has 0 saturated heterocycles. The molecule has 1 N–H and O–H groups in total. The molecule has 0 aliphatic carbocycles. The van der Waals surface area contributed by atoms with Crippen LogP contribution < -0.4 is 10.1 Å². The summed E-state index contributed by atoms with van der Waals surface area (Å²) in [5.74, 6) is -0.378. The minimum absolute atomic E-state index is 0.0824. The van der Waals surface area contributed by atoms with Gasteiger partial charge in [0, 0.05) is 23.2 Å². The average Bonchev–Trinajstić information content (AvgIpc) is 2.40. The van der Waals surface area contributed by atoms with E-state index < -0.39 is 0 Å². The molecule has 2 rings (SSSR count). The maximum atomic E-state index is 13.4. The van der Waals surface area contributed by atoms with Gasteiger partial charge in [-0.3, -0.25) is 0 Å². The van der Waals surface area contributed by atoms with Gasteiger partial charge in [0.1, 0.15) is 24.0 Å². The van der Waals surface area contributed by atoms with Crippen LogP contribution in [0.15, 0.2) is 36.4 Å². The van der Waals surface area contributed by atoms with Crippen molar-refractivity contribution in [3.8, 4) is 5.75 Å². The van der Waals surface area contributed by atoms with Gasteiger partial charge in [0.15, 0.2) is 0 Å². The minimum Gasteiger partial charge on any atom is -0.489 e. The zero-order valence-electron chi connectivity index (χ0n) is 10.9. The van der Waals surface area contributed by atoms with E-state index in [0.29, 0.717) is 22.9 Å². The summed E-state index contributed by atoms with van der Waals surface area (Å²) >= 11 is 5.94. The Morgan fingerprint density at radius 1 is 1.10 bits per heavy atom. The highest BCUT2D eigenvalue weighted by Crippen LogP contribution is 2.21. The highest BCUT2D eigenvalue weighted by Gasteiger charge is 2.05. The first-order valence-electron chi connectivity index (χ1n) is 6.09. The number of rotatable bonds is 5. The smallest absolute Gasteiger partial charge is 0.127 e. The number of ether oxygens (including phenoxy) is 1. The molecule has 2 aromatic carbocycles. The lowest BCUT2D eigenvalue weighted by Gasteiger charge is -2.10. The molecule has 0 aliphatic rings. The average molecular weight is 298 g/mol. The topological polar surface area (TPSA) is 21.3 Å². The molecule has 20 heavy (non-hydrogen) atoms. The van der Waals surface area contributed by atoms with Crippen molar-refractivity contribution in [3.63, 3.8) is 0 Å². The van der Waals surface area contributed by atoms with Crippen LogP contribution in [0.1, 0.15) is 11.1 Å². The molecule has 0 atom stereocenters. The third kappa shape index (κ3) is 3.92. The van der Waals surface area contributed by atoms with Gasteiger partial charge in [-0.2, -0.15) is 0 Å². The van der Waals surface area contributed by atoms with Crippen LogP contribution in [-0.4, -0.2) is 7.05 Å². The second kappa shape index (κ2) is 6.68. The summed E-state index contributed by atoms with van der Waals surface area (Å²) in [4.78, 5) is 0. The van der Waals surface area contributed by atoms with E-state index in [1.54, 1.807) is 13.1 Å². The van der Waals surface area contributed by atoms with Crippen molar-refractivity contribution in [1.29, 1.82) is 0 Å². The number of hydrogen-bond acceptors (Lipinski definition) is 2. The predicted molar refractivity (Wildman–Crippen MR) is 74.9 cm³/mol. The highest BCUT2D eigenvalue weighted by atomic mass is 35.5. The van der Waals surface area contributed by atoms with Gasteiger partial charge in [0.25, 0.3) is 0 Å². The van der Waals surface area contributed by atoms with Crippen LogP contribution in [0.25, 0.3) is 0 Å². The number of nitrogens with one attached hydrogen (secondary N) is 1. The first-order valence-corrected chi connectivity index (χ1v) is 6.47. The number of benzene rings is 2. The van der Waals surface area contributed by atoms with Crippen molar-refractivity contribution < 1.29 is 13.5 Å². The minimum atomic E-state index is -0.386. The van der Waals surface area contributed by atoms with Crippen LogP contribution in [0.4, 0.5) is 8.78 Å². The maximum Gasteiger partial charge on any atom is 0.127 e. The molecule has 2 aromatic rings. The second-order valence-corrected chi connectivity index (χ2v) is 4.76. The molecule has 0 radical (unpaired) electrons. The number of halogens is 3. The maximum absolute atomic E-state index is 13.4. The fraction of sp³-hybridized carbons (Fsp3) is 0.200. The molecule has 0 saturated carbocycles. The Morgan fingerprint density at radius 3 is 2.65 bits per heavy atom. The van der Waals surface area contributed by atoms with Crippen LogP contribution in [0.2, 0.25) is 5.02 Å². The lowest BCUT2D eigenvalue weighted by Crippen LogP contribution is -2.06. The summed E-state index contributed by atoms with van der Waals surface area (Å²) in [6, 6.07) is 8.49. The Morgan fingerprint density at radius 2 is 1.90 bits per heavy atom. The first-order chi connectivity index (χ1) is 9.58. The number of hydrogen-bond donors (Lipinski definition) is 1. The molecule has 0 heterocycles. The molecule has 0 spiro atoms. The highest BCUT2D eigenvalue weighted by molar-refractivity contribution is 6.31. The van der Waals surface area contributed by atoms with Gasteiger partial charge in [0.05, 0.1) is 0 Å². The summed E-state index contributed by atoms with van der Waals surface area (Å²) in [6.45, 7) is 0.619. The van der Waals surface area contributed by atoms with Crippen LogP contribution in [0.5, 0.6) is 5.75 Å².